The lowest BCUT2D eigenvalue weighted by Gasteiger charge is -2.37. The number of aromatic nitrogens is 1. The molecular formula is C10H15NO2S. The second-order valence-corrected chi connectivity index (χ2v) is 4.44. The molecule has 2 atom stereocenters. The monoisotopic (exact) mass is 213 g/mol. The van der Waals surface area contributed by atoms with Gasteiger partial charge in [0.05, 0.1) is 11.8 Å². The zero-order valence-electron chi connectivity index (χ0n) is 8.27. The molecule has 0 bridgehead atoms. The minimum Gasteiger partial charge on any atom is -0.381 e. The van der Waals surface area contributed by atoms with Crippen LogP contribution in [0.4, 0.5) is 0 Å². The van der Waals surface area contributed by atoms with Gasteiger partial charge >= 0.3 is 0 Å². The predicted molar refractivity (Wildman–Crippen MR) is 55.3 cm³/mol. The van der Waals surface area contributed by atoms with E-state index in [1.807, 2.05) is 11.4 Å². The SMILES string of the molecule is COC1CCCCC1(O)c1ccsn1. The van der Waals surface area contributed by atoms with Gasteiger partial charge in [-0.3, -0.25) is 0 Å². The summed E-state index contributed by atoms with van der Waals surface area (Å²) < 4.78 is 9.57. The number of rotatable bonds is 2. The van der Waals surface area contributed by atoms with Crippen LogP contribution in [0.3, 0.4) is 0 Å². The standard InChI is InChI=1S/C10H15NO2S/c1-13-9-4-2-3-6-10(9,12)8-5-7-14-11-8/h5,7,9,12H,2-4,6H2,1H3. The van der Waals surface area contributed by atoms with Crippen molar-refractivity contribution in [3.05, 3.63) is 17.1 Å². The molecule has 1 heterocycles. The van der Waals surface area contributed by atoms with Crippen LogP contribution in [0.2, 0.25) is 0 Å². The van der Waals surface area contributed by atoms with E-state index in [1.54, 1.807) is 7.11 Å². The Morgan fingerprint density at radius 3 is 3.14 bits per heavy atom. The van der Waals surface area contributed by atoms with Crippen molar-refractivity contribution in [3.63, 3.8) is 0 Å². The molecule has 1 saturated carbocycles. The fourth-order valence-corrected chi connectivity index (χ4v) is 2.75. The molecule has 1 aromatic rings. The van der Waals surface area contributed by atoms with Crippen molar-refractivity contribution in [2.45, 2.75) is 37.4 Å². The first-order valence-corrected chi connectivity index (χ1v) is 5.77. The predicted octanol–water partition coefficient (Wildman–Crippen LogP) is 1.92. The maximum Gasteiger partial charge on any atom is 0.133 e. The van der Waals surface area contributed by atoms with Crippen LogP contribution < -0.4 is 0 Å². The maximum absolute atomic E-state index is 10.5. The number of methoxy groups -OCH3 is 1. The van der Waals surface area contributed by atoms with E-state index in [2.05, 4.69) is 4.37 Å². The summed E-state index contributed by atoms with van der Waals surface area (Å²) in [5, 5.41) is 12.4. The molecule has 14 heavy (non-hydrogen) atoms. The van der Waals surface area contributed by atoms with Gasteiger partial charge in [-0.1, -0.05) is 6.42 Å². The van der Waals surface area contributed by atoms with Crippen molar-refractivity contribution in [1.82, 2.24) is 4.37 Å². The summed E-state index contributed by atoms with van der Waals surface area (Å²) in [6, 6.07) is 1.89. The first-order valence-electron chi connectivity index (χ1n) is 4.93. The van der Waals surface area contributed by atoms with Gasteiger partial charge in [0.2, 0.25) is 0 Å². The number of ether oxygens (including phenoxy) is 1. The Labute approximate surface area is 87.9 Å². The van der Waals surface area contributed by atoms with Crippen LogP contribution in [0, 0.1) is 0 Å². The van der Waals surface area contributed by atoms with Gasteiger partial charge in [-0.15, -0.1) is 0 Å². The van der Waals surface area contributed by atoms with Gasteiger partial charge in [-0.2, -0.15) is 4.37 Å². The first kappa shape index (κ1) is 10.1. The molecule has 0 spiro atoms. The summed E-state index contributed by atoms with van der Waals surface area (Å²) in [7, 11) is 1.66. The Bertz CT molecular complexity index is 288. The van der Waals surface area contributed by atoms with Crippen LogP contribution in [0.15, 0.2) is 11.4 Å². The maximum atomic E-state index is 10.5. The van der Waals surface area contributed by atoms with E-state index in [1.165, 1.54) is 11.5 Å². The average molecular weight is 213 g/mol. The van der Waals surface area contributed by atoms with Crippen molar-refractivity contribution >= 4 is 11.5 Å². The van der Waals surface area contributed by atoms with Gasteiger partial charge in [0.1, 0.15) is 5.60 Å². The highest BCUT2D eigenvalue weighted by atomic mass is 32.1. The smallest absolute Gasteiger partial charge is 0.133 e. The van der Waals surface area contributed by atoms with Crippen LogP contribution in [-0.4, -0.2) is 22.7 Å². The molecule has 2 rings (SSSR count). The van der Waals surface area contributed by atoms with Crippen molar-refractivity contribution in [2.75, 3.05) is 7.11 Å². The summed E-state index contributed by atoms with van der Waals surface area (Å²) >= 11 is 1.38. The number of aliphatic hydroxyl groups is 1. The van der Waals surface area contributed by atoms with Crippen LogP contribution in [0.25, 0.3) is 0 Å². The molecule has 1 aromatic heterocycles. The van der Waals surface area contributed by atoms with E-state index in [0.29, 0.717) is 0 Å². The molecule has 4 heteroatoms. The zero-order valence-corrected chi connectivity index (χ0v) is 9.09. The highest BCUT2D eigenvalue weighted by Gasteiger charge is 2.42. The van der Waals surface area contributed by atoms with E-state index in [4.69, 9.17) is 4.74 Å². The molecule has 1 aliphatic rings. The first-order chi connectivity index (χ1) is 6.77. The highest BCUT2D eigenvalue weighted by molar-refractivity contribution is 7.03. The molecular weight excluding hydrogens is 198 g/mol. The number of hydrogen-bond acceptors (Lipinski definition) is 4. The Morgan fingerprint density at radius 1 is 1.64 bits per heavy atom. The van der Waals surface area contributed by atoms with Crippen molar-refractivity contribution < 1.29 is 9.84 Å². The van der Waals surface area contributed by atoms with Gasteiger partial charge in [0, 0.05) is 12.5 Å². The van der Waals surface area contributed by atoms with Gasteiger partial charge < -0.3 is 9.84 Å². The Morgan fingerprint density at radius 2 is 2.50 bits per heavy atom. The molecule has 0 aliphatic heterocycles. The summed E-state index contributed by atoms with van der Waals surface area (Å²) in [6.07, 6.45) is 3.76. The summed E-state index contributed by atoms with van der Waals surface area (Å²) in [5.74, 6) is 0. The molecule has 1 fully saturated rings. The van der Waals surface area contributed by atoms with Gasteiger partial charge in [-0.25, -0.2) is 0 Å². The van der Waals surface area contributed by atoms with Crippen LogP contribution >= 0.6 is 11.5 Å². The zero-order chi connectivity index (χ0) is 10.0. The minimum atomic E-state index is -0.854. The third kappa shape index (κ3) is 1.58. The fourth-order valence-electron chi connectivity index (χ4n) is 2.17. The highest BCUT2D eigenvalue weighted by Crippen LogP contribution is 2.38. The van der Waals surface area contributed by atoms with Gasteiger partial charge in [-0.05, 0) is 36.9 Å². The third-order valence-corrected chi connectivity index (χ3v) is 3.53. The van der Waals surface area contributed by atoms with Gasteiger partial charge in [0.25, 0.3) is 0 Å². The van der Waals surface area contributed by atoms with Gasteiger partial charge in [0.15, 0.2) is 0 Å². The summed E-state index contributed by atoms with van der Waals surface area (Å²) in [4.78, 5) is 0. The molecule has 0 aromatic carbocycles. The molecule has 0 radical (unpaired) electrons. The summed E-state index contributed by atoms with van der Waals surface area (Å²) in [6.45, 7) is 0. The number of nitrogens with zero attached hydrogens (tertiary/aromatic N) is 1. The minimum absolute atomic E-state index is 0.0988. The average Bonchev–Trinajstić information content (AvgIpc) is 2.72. The van der Waals surface area contributed by atoms with E-state index in [9.17, 15) is 5.11 Å². The van der Waals surface area contributed by atoms with Crippen LogP contribution in [0.5, 0.6) is 0 Å². The normalized spacial score (nSPS) is 33.1. The van der Waals surface area contributed by atoms with Crippen molar-refractivity contribution in [1.29, 1.82) is 0 Å². The molecule has 78 valence electrons. The lowest BCUT2D eigenvalue weighted by Crippen LogP contribution is -2.43. The van der Waals surface area contributed by atoms with Crippen LogP contribution in [-0.2, 0) is 10.3 Å². The van der Waals surface area contributed by atoms with Crippen molar-refractivity contribution in [2.24, 2.45) is 0 Å². The van der Waals surface area contributed by atoms with Crippen LogP contribution in [0.1, 0.15) is 31.4 Å². The Kier molecular flexibility index (Phi) is 2.85. The second-order valence-electron chi connectivity index (χ2n) is 3.78. The lowest BCUT2D eigenvalue weighted by atomic mass is 9.80. The Balaban J connectivity index is 2.27. The largest absolute Gasteiger partial charge is 0.381 e. The molecule has 2 unspecified atom stereocenters. The molecule has 1 N–H and O–H groups in total. The molecule has 0 saturated heterocycles. The lowest BCUT2D eigenvalue weighted by molar-refractivity contribution is -0.124. The van der Waals surface area contributed by atoms with E-state index < -0.39 is 5.60 Å². The molecule has 1 aliphatic carbocycles. The van der Waals surface area contributed by atoms with E-state index >= 15 is 0 Å². The second kappa shape index (κ2) is 3.96. The third-order valence-electron chi connectivity index (χ3n) is 2.97. The fraction of sp³-hybridized carbons (Fsp3) is 0.700. The Hall–Kier alpha value is -0.450. The van der Waals surface area contributed by atoms with Crippen molar-refractivity contribution in [3.8, 4) is 0 Å². The molecule has 3 nitrogen and oxygen atoms in total. The molecule has 0 amide bonds. The van der Waals surface area contributed by atoms with E-state index in [-0.39, 0.29) is 6.10 Å². The van der Waals surface area contributed by atoms with E-state index in [0.717, 1.165) is 31.4 Å². The topological polar surface area (TPSA) is 42.4 Å². The number of hydrogen-bond donors (Lipinski definition) is 1. The summed E-state index contributed by atoms with van der Waals surface area (Å²) in [5.41, 5.74) is -0.0819. The quantitative estimate of drug-likeness (QED) is 0.816.